The summed E-state index contributed by atoms with van der Waals surface area (Å²) in [4.78, 5) is 0.692. The summed E-state index contributed by atoms with van der Waals surface area (Å²) >= 11 is 11.8. The molecule has 1 heterocycles. The highest BCUT2D eigenvalue weighted by Crippen LogP contribution is 2.34. The van der Waals surface area contributed by atoms with Gasteiger partial charge in [-0.1, -0.05) is 11.6 Å². The minimum absolute atomic E-state index is 0.441. The quantitative estimate of drug-likeness (QED) is 0.679. The van der Waals surface area contributed by atoms with Gasteiger partial charge >= 0.3 is 0 Å². The first-order chi connectivity index (χ1) is 6.24. The van der Waals surface area contributed by atoms with E-state index in [1.807, 2.05) is 17.5 Å². The van der Waals surface area contributed by atoms with Gasteiger partial charge in [0.25, 0.3) is 0 Å². The molecule has 0 atom stereocenters. The van der Waals surface area contributed by atoms with Gasteiger partial charge < -0.3 is 0 Å². The fourth-order valence-electron chi connectivity index (χ4n) is 1.15. The van der Waals surface area contributed by atoms with Crippen molar-refractivity contribution < 1.29 is 0 Å². The van der Waals surface area contributed by atoms with Crippen LogP contribution in [-0.4, -0.2) is 0 Å². The largest absolute Gasteiger partial charge is 0.192 e. The highest BCUT2D eigenvalue weighted by Gasteiger charge is 2.09. The van der Waals surface area contributed by atoms with Crippen molar-refractivity contribution in [3.05, 3.63) is 28.1 Å². The fourth-order valence-corrected chi connectivity index (χ4v) is 2.57. The Bertz CT molecular complexity index is 510. The molecule has 0 aliphatic carbocycles. The molecule has 0 N–H and O–H groups in total. The van der Waals surface area contributed by atoms with Crippen molar-refractivity contribution in [1.82, 2.24) is 0 Å². The standard InChI is InChI=1S/C9H4ClNS2/c10-8-5(4-11)3-7-6(9(8)12)1-2-13-7/h1-3,12H. The Morgan fingerprint density at radius 1 is 1.54 bits per heavy atom. The van der Waals surface area contributed by atoms with Crippen molar-refractivity contribution >= 4 is 45.7 Å². The number of benzene rings is 1. The molecular weight excluding hydrogens is 222 g/mol. The maximum absolute atomic E-state index is 8.78. The number of thiol groups is 1. The third-order valence-corrected chi connectivity index (χ3v) is 3.64. The van der Waals surface area contributed by atoms with Gasteiger partial charge in [0, 0.05) is 15.0 Å². The molecule has 2 aromatic rings. The Balaban J connectivity index is 2.94. The number of nitriles is 1. The first kappa shape index (κ1) is 8.89. The van der Waals surface area contributed by atoms with E-state index in [1.165, 1.54) is 0 Å². The number of thiophene rings is 1. The maximum Gasteiger partial charge on any atom is 0.101 e. The zero-order valence-electron chi connectivity index (χ0n) is 6.41. The minimum Gasteiger partial charge on any atom is -0.192 e. The lowest BCUT2D eigenvalue weighted by atomic mass is 10.2. The van der Waals surface area contributed by atoms with Crippen LogP contribution in [0.15, 0.2) is 22.4 Å². The van der Waals surface area contributed by atoms with Gasteiger partial charge in [-0.05, 0) is 17.5 Å². The maximum atomic E-state index is 8.78. The molecule has 0 radical (unpaired) electrons. The topological polar surface area (TPSA) is 23.8 Å². The lowest BCUT2D eigenvalue weighted by molar-refractivity contribution is 1.46. The summed E-state index contributed by atoms with van der Waals surface area (Å²) in [5.41, 5.74) is 0.488. The molecule has 0 saturated heterocycles. The Morgan fingerprint density at radius 2 is 2.31 bits per heavy atom. The molecule has 1 aromatic carbocycles. The SMILES string of the molecule is N#Cc1cc2sccc2c(S)c1Cl. The van der Waals surface area contributed by atoms with E-state index in [-0.39, 0.29) is 0 Å². The second kappa shape index (κ2) is 3.22. The Morgan fingerprint density at radius 3 is 3.00 bits per heavy atom. The fraction of sp³-hybridized carbons (Fsp3) is 0. The summed E-state index contributed by atoms with van der Waals surface area (Å²) in [6.07, 6.45) is 0. The average molecular weight is 226 g/mol. The highest BCUT2D eigenvalue weighted by molar-refractivity contribution is 7.80. The zero-order chi connectivity index (χ0) is 9.42. The van der Waals surface area contributed by atoms with Crippen LogP contribution in [-0.2, 0) is 0 Å². The van der Waals surface area contributed by atoms with Crippen LogP contribution in [0.4, 0.5) is 0 Å². The van der Waals surface area contributed by atoms with Gasteiger partial charge in [0.2, 0.25) is 0 Å². The number of halogens is 1. The van der Waals surface area contributed by atoms with Gasteiger partial charge in [0.05, 0.1) is 10.6 Å². The second-order valence-corrected chi connectivity index (χ2v) is 4.30. The lowest BCUT2D eigenvalue weighted by Gasteiger charge is -2.00. The summed E-state index contributed by atoms with van der Waals surface area (Å²) in [6.45, 7) is 0. The van der Waals surface area contributed by atoms with Crippen molar-refractivity contribution in [2.24, 2.45) is 0 Å². The van der Waals surface area contributed by atoms with Crippen LogP contribution < -0.4 is 0 Å². The molecule has 0 fully saturated rings. The third kappa shape index (κ3) is 1.31. The Hall–Kier alpha value is -0.690. The number of fused-ring (bicyclic) bond motifs is 1. The first-order valence-electron chi connectivity index (χ1n) is 3.53. The van der Waals surface area contributed by atoms with E-state index in [1.54, 1.807) is 17.4 Å². The van der Waals surface area contributed by atoms with Crippen LogP contribution in [0.2, 0.25) is 5.02 Å². The van der Waals surface area contributed by atoms with Crippen LogP contribution >= 0.6 is 35.6 Å². The highest BCUT2D eigenvalue weighted by atomic mass is 35.5. The van der Waals surface area contributed by atoms with Crippen molar-refractivity contribution in [3.63, 3.8) is 0 Å². The zero-order valence-corrected chi connectivity index (χ0v) is 8.88. The second-order valence-electron chi connectivity index (χ2n) is 2.53. The van der Waals surface area contributed by atoms with Gasteiger partial charge in [-0.3, -0.25) is 0 Å². The summed E-state index contributed by atoms with van der Waals surface area (Å²) in [7, 11) is 0. The molecule has 0 spiro atoms. The molecule has 1 aromatic heterocycles. The number of hydrogen-bond donors (Lipinski definition) is 1. The van der Waals surface area contributed by atoms with Gasteiger partial charge in [-0.2, -0.15) is 5.26 Å². The lowest BCUT2D eigenvalue weighted by Crippen LogP contribution is -1.79. The molecule has 4 heteroatoms. The smallest absolute Gasteiger partial charge is 0.101 e. The predicted octanol–water partition coefficient (Wildman–Crippen LogP) is 3.72. The van der Waals surface area contributed by atoms with E-state index < -0.39 is 0 Å². The average Bonchev–Trinajstić information content (AvgIpc) is 2.59. The molecule has 0 saturated carbocycles. The van der Waals surface area contributed by atoms with Gasteiger partial charge in [0.15, 0.2) is 0 Å². The molecule has 13 heavy (non-hydrogen) atoms. The molecule has 2 rings (SSSR count). The molecule has 0 bridgehead atoms. The summed E-state index contributed by atoms with van der Waals surface area (Å²) in [6, 6.07) is 5.79. The van der Waals surface area contributed by atoms with Crippen molar-refractivity contribution in [2.45, 2.75) is 4.90 Å². The molecule has 1 nitrogen and oxygen atoms in total. The van der Waals surface area contributed by atoms with E-state index in [2.05, 4.69) is 12.6 Å². The molecule has 0 unspecified atom stereocenters. The van der Waals surface area contributed by atoms with E-state index in [9.17, 15) is 0 Å². The summed E-state index contributed by atoms with van der Waals surface area (Å²) in [5, 5.41) is 12.2. The molecule has 64 valence electrons. The van der Waals surface area contributed by atoms with Crippen molar-refractivity contribution in [2.75, 3.05) is 0 Å². The van der Waals surface area contributed by atoms with E-state index >= 15 is 0 Å². The normalized spacial score (nSPS) is 10.2. The van der Waals surface area contributed by atoms with Gasteiger partial charge in [0.1, 0.15) is 6.07 Å². The molecule has 0 amide bonds. The number of nitrogens with zero attached hydrogens (tertiary/aromatic N) is 1. The molecule has 0 aliphatic heterocycles. The number of hydrogen-bond acceptors (Lipinski definition) is 3. The van der Waals surface area contributed by atoms with Crippen LogP contribution in [0.5, 0.6) is 0 Å². The van der Waals surface area contributed by atoms with Crippen molar-refractivity contribution in [3.8, 4) is 6.07 Å². The Labute approximate surface area is 90.0 Å². The summed E-state index contributed by atoms with van der Waals surface area (Å²) in [5.74, 6) is 0. The van der Waals surface area contributed by atoms with Crippen molar-refractivity contribution in [1.29, 1.82) is 5.26 Å². The van der Waals surface area contributed by atoms with E-state index in [0.29, 0.717) is 15.5 Å². The van der Waals surface area contributed by atoms with Crippen LogP contribution in [0.25, 0.3) is 10.1 Å². The first-order valence-corrected chi connectivity index (χ1v) is 5.23. The van der Waals surface area contributed by atoms with Gasteiger partial charge in [-0.25, -0.2) is 0 Å². The third-order valence-electron chi connectivity index (χ3n) is 1.79. The Kier molecular flexibility index (Phi) is 2.20. The summed E-state index contributed by atoms with van der Waals surface area (Å²) < 4.78 is 1.05. The molecule has 0 aliphatic rings. The monoisotopic (exact) mass is 225 g/mol. The molecular formula is C9H4ClNS2. The van der Waals surface area contributed by atoms with Crippen LogP contribution in [0.3, 0.4) is 0 Å². The van der Waals surface area contributed by atoms with Crippen LogP contribution in [0, 0.1) is 11.3 Å². The van der Waals surface area contributed by atoms with E-state index in [4.69, 9.17) is 16.9 Å². The van der Waals surface area contributed by atoms with E-state index in [0.717, 1.165) is 10.1 Å². The van der Waals surface area contributed by atoms with Gasteiger partial charge in [-0.15, -0.1) is 24.0 Å². The minimum atomic E-state index is 0.441. The van der Waals surface area contributed by atoms with Crippen LogP contribution in [0.1, 0.15) is 5.56 Å². The number of rotatable bonds is 0. The predicted molar refractivity (Wildman–Crippen MR) is 58.8 cm³/mol.